The molecule has 0 aliphatic carbocycles. The number of hydrogen-bond acceptors (Lipinski definition) is 4. The molecule has 1 heterocycles. The SMILES string of the molecule is Cc1ccc(S(=O)(=O)NC2CCN(C(=O)COc3ccccc3)CC2)c(C)c1. The quantitative estimate of drug-likeness (QED) is 0.806. The average Bonchev–Trinajstić information content (AvgIpc) is 2.67. The highest BCUT2D eigenvalue weighted by Gasteiger charge is 2.27. The Morgan fingerprint density at radius 3 is 2.43 bits per heavy atom. The standard InChI is InChI=1S/C21H26N2O4S/c1-16-8-9-20(17(2)14-16)28(25,26)22-18-10-12-23(13-11-18)21(24)15-27-19-6-4-3-5-7-19/h3-9,14,18,22H,10-13,15H2,1-2H3. The Balaban J connectivity index is 1.51. The Morgan fingerprint density at radius 2 is 1.79 bits per heavy atom. The third-order valence-electron chi connectivity index (χ3n) is 4.89. The molecular formula is C21H26N2O4S. The molecule has 2 aromatic rings. The molecule has 2 aromatic carbocycles. The Bertz CT molecular complexity index is 921. The summed E-state index contributed by atoms with van der Waals surface area (Å²) < 4.78 is 33.7. The molecule has 1 aliphatic rings. The van der Waals surface area contributed by atoms with Gasteiger partial charge in [0.2, 0.25) is 10.0 Å². The number of nitrogens with zero attached hydrogens (tertiary/aromatic N) is 1. The van der Waals surface area contributed by atoms with Crippen molar-refractivity contribution in [2.75, 3.05) is 19.7 Å². The highest BCUT2D eigenvalue weighted by Crippen LogP contribution is 2.19. The van der Waals surface area contributed by atoms with Crippen molar-refractivity contribution in [1.29, 1.82) is 0 Å². The topological polar surface area (TPSA) is 75.7 Å². The van der Waals surface area contributed by atoms with Gasteiger partial charge < -0.3 is 9.64 Å². The molecule has 0 radical (unpaired) electrons. The van der Waals surface area contributed by atoms with E-state index in [2.05, 4.69) is 4.72 Å². The lowest BCUT2D eigenvalue weighted by Gasteiger charge is -2.32. The average molecular weight is 403 g/mol. The third-order valence-corrected chi connectivity index (χ3v) is 6.58. The molecule has 3 rings (SSSR count). The van der Waals surface area contributed by atoms with Crippen LogP contribution in [0.5, 0.6) is 5.75 Å². The second-order valence-electron chi connectivity index (χ2n) is 7.15. The number of likely N-dealkylation sites (tertiary alicyclic amines) is 1. The van der Waals surface area contributed by atoms with E-state index < -0.39 is 10.0 Å². The number of carbonyl (C=O) groups is 1. The number of sulfonamides is 1. The number of carbonyl (C=O) groups excluding carboxylic acids is 1. The molecule has 0 saturated carbocycles. The van der Waals surface area contributed by atoms with Gasteiger partial charge in [0.05, 0.1) is 4.90 Å². The zero-order chi connectivity index (χ0) is 20.1. The zero-order valence-electron chi connectivity index (χ0n) is 16.2. The predicted octanol–water partition coefficient (Wildman–Crippen LogP) is 2.65. The fourth-order valence-corrected chi connectivity index (χ4v) is 4.92. The molecule has 0 unspecified atom stereocenters. The predicted molar refractivity (Wildman–Crippen MR) is 108 cm³/mol. The van der Waals surface area contributed by atoms with E-state index in [9.17, 15) is 13.2 Å². The van der Waals surface area contributed by atoms with Gasteiger partial charge in [-0.3, -0.25) is 4.79 Å². The first-order chi connectivity index (χ1) is 13.3. The van der Waals surface area contributed by atoms with E-state index in [1.807, 2.05) is 31.2 Å². The van der Waals surface area contributed by atoms with Crippen molar-refractivity contribution in [2.24, 2.45) is 0 Å². The van der Waals surface area contributed by atoms with Crippen molar-refractivity contribution in [3.05, 3.63) is 59.7 Å². The fourth-order valence-electron chi connectivity index (χ4n) is 3.38. The molecule has 1 amide bonds. The lowest BCUT2D eigenvalue weighted by atomic mass is 10.1. The number of rotatable bonds is 6. The summed E-state index contributed by atoms with van der Waals surface area (Å²) in [4.78, 5) is 14.4. The maximum absolute atomic E-state index is 12.7. The van der Waals surface area contributed by atoms with Gasteiger partial charge in [-0.15, -0.1) is 0 Å². The van der Waals surface area contributed by atoms with Crippen LogP contribution >= 0.6 is 0 Å². The van der Waals surface area contributed by atoms with Crippen LogP contribution in [0.2, 0.25) is 0 Å². The van der Waals surface area contributed by atoms with Crippen LogP contribution < -0.4 is 9.46 Å². The number of nitrogens with one attached hydrogen (secondary N) is 1. The van der Waals surface area contributed by atoms with E-state index in [0.717, 1.165) is 11.1 Å². The van der Waals surface area contributed by atoms with Crippen molar-refractivity contribution < 1.29 is 17.9 Å². The highest BCUT2D eigenvalue weighted by molar-refractivity contribution is 7.89. The van der Waals surface area contributed by atoms with Crippen LogP contribution in [0.1, 0.15) is 24.0 Å². The Morgan fingerprint density at radius 1 is 1.11 bits per heavy atom. The molecule has 1 aliphatic heterocycles. The lowest BCUT2D eigenvalue weighted by molar-refractivity contribution is -0.134. The van der Waals surface area contributed by atoms with Crippen molar-refractivity contribution >= 4 is 15.9 Å². The number of piperidine rings is 1. The van der Waals surface area contributed by atoms with E-state index in [1.54, 1.807) is 36.1 Å². The summed E-state index contributed by atoms with van der Waals surface area (Å²) in [6, 6.07) is 14.3. The monoisotopic (exact) mass is 402 g/mol. The number of para-hydroxylation sites is 1. The van der Waals surface area contributed by atoms with E-state index >= 15 is 0 Å². The molecule has 0 atom stereocenters. The number of ether oxygens (including phenoxy) is 1. The van der Waals surface area contributed by atoms with Gasteiger partial charge in [0.1, 0.15) is 5.75 Å². The van der Waals surface area contributed by atoms with Gasteiger partial charge in [-0.1, -0.05) is 35.9 Å². The summed E-state index contributed by atoms with van der Waals surface area (Å²) in [5, 5.41) is 0. The van der Waals surface area contributed by atoms with Crippen LogP contribution in [0.25, 0.3) is 0 Å². The molecule has 0 bridgehead atoms. The van der Waals surface area contributed by atoms with Crippen molar-refractivity contribution in [1.82, 2.24) is 9.62 Å². The first-order valence-corrected chi connectivity index (χ1v) is 10.9. The van der Waals surface area contributed by atoms with Gasteiger partial charge in [-0.2, -0.15) is 0 Å². The lowest BCUT2D eigenvalue weighted by Crippen LogP contribution is -2.47. The normalized spacial score (nSPS) is 15.4. The summed E-state index contributed by atoms with van der Waals surface area (Å²) in [5.41, 5.74) is 1.76. The molecule has 1 N–H and O–H groups in total. The molecule has 1 fully saturated rings. The summed E-state index contributed by atoms with van der Waals surface area (Å²) in [6.45, 7) is 4.75. The molecular weight excluding hydrogens is 376 g/mol. The van der Waals surface area contributed by atoms with Gasteiger partial charge >= 0.3 is 0 Å². The van der Waals surface area contributed by atoms with Gasteiger partial charge in [0.25, 0.3) is 5.91 Å². The van der Waals surface area contributed by atoms with Crippen molar-refractivity contribution in [3.63, 3.8) is 0 Å². The first-order valence-electron chi connectivity index (χ1n) is 9.40. The summed E-state index contributed by atoms with van der Waals surface area (Å²) in [5.74, 6) is 0.575. The zero-order valence-corrected chi connectivity index (χ0v) is 17.0. The smallest absolute Gasteiger partial charge is 0.260 e. The van der Waals surface area contributed by atoms with Crippen LogP contribution in [-0.4, -0.2) is 45.0 Å². The highest BCUT2D eigenvalue weighted by atomic mass is 32.2. The minimum absolute atomic E-state index is 0.0109. The van der Waals surface area contributed by atoms with E-state index in [-0.39, 0.29) is 18.6 Å². The van der Waals surface area contributed by atoms with Crippen LogP contribution in [0.4, 0.5) is 0 Å². The number of hydrogen-bond donors (Lipinski definition) is 1. The molecule has 0 aromatic heterocycles. The second-order valence-corrected chi connectivity index (χ2v) is 8.83. The molecule has 6 nitrogen and oxygen atoms in total. The minimum Gasteiger partial charge on any atom is -0.484 e. The van der Waals surface area contributed by atoms with Crippen LogP contribution in [-0.2, 0) is 14.8 Å². The van der Waals surface area contributed by atoms with Crippen LogP contribution in [0.15, 0.2) is 53.4 Å². The van der Waals surface area contributed by atoms with E-state index in [1.165, 1.54) is 0 Å². The summed E-state index contributed by atoms with van der Waals surface area (Å²) >= 11 is 0. The van der Waals surface area contributed by atoms with E-state index in [0.29, 0.717) is 36.6 Å². The van der Waals surface area contributed by atoms with Gasteiger partial charge in [-0.25, -0.2) is 13.1 Å². The largest absolute Gasteiger partial charge is 0.484 e. The summed E-state index contributed by atoms with van der Waals surface area (Å²) in [6.07, 6.45) is 1.17. The molecule has 1 saturated heterocycles. The molecule has 0 spiro atoms. The van der Waals surface area contributed by atoms with Crippen LogP contribution in [0, 0.1) is 13.8 Å². The number of benzene rings is 2. The van der Waals surface area contributed by atoms with Crippen LogP contribution in [0.3, 0.4) is 0 Å². The number of aryl methyl sites for hydroxylation is 2. The second kappa shape index (κ2) is 8.75. The maximum atomic E-state index is 12.7. The molecule has 28 heavy (non-hydrogen) atoms. The first kappa shape index (κ1) is 20.4. The van der Waals surface area contributed by atoms with Crippen molar-refractivity contribution in [3.8, 4) is 5.75 Å². The van der Waals surface area contributed by atoms with E-state index in [4.69, 9.17) is 4.74 Å². The Hall–Kier alpha value is -2.38. The third kappa shape index (κ3) is 5.11. The van der Waals surface area contributed by atoms with Gasteiger partial charge in [0, 0.05) is 19.1 Å². The summed E-state index contributed by atoms with van der Waals surface area (Å²) in [7, 11) is -3.57. The minimum atomic E-state index is -3.57. The van der Waals surface area contributed by atoms with Gasteiger partial charge in [0.15, 0.2) is 6.61 Å². The fraction of sp³-hybridized carbons (Fsp3) is 0.381. The van der Waals surface area contributed by atoms with Gasteiger partial charge in [-0.05, 0) is 50.5 Å². The van der Waals surface area contributed by atoms with Crippen molar-refractivity contribution in [2.45, 2.75) is 37.6 Å². The molecule has 7 heteroatoms. The molecule has 150 valence electrons. The number of amides is 1. The Kier molecular flexibility index (Phi) is 6.36. The Labute approximate surface area is 166 Å². The maximum Gasteiger partial charge on any atom is 0.260 e.